The molecule has 0 spiro atoms. The maximum atomic E-state index is 12.2. The Bertz CT molecular complexity index is 414. The lowest BCUT2D eigenvalue weighted by Gasteiger charge is -2.28. The lowest BCUT2D eigenvalue weighted by molar-refractivity contribution is -0.149. The van der Waals surface area contributed by atoms with Crippen molar-refractivity contribution < 1.29 is 28.7 Å². The van der Waals surface area contributed by atoms with Gasteiger partial charge in [-0.2, -0.15) is 0 Å². The van der Waals surface area contributed by atoms with Crippen LogP contribution in [0.4, 0.5) is 0 Å². The molecule has 124 valence electrons. The Kier molecular flexibility index (Phi) is 6.71. The Balaban J connectivity index is 2.61. The van der Waals surface area contributed by atoms with Crippen LogP contribution in [0.2, 0.25) is 0 Å². The van der Waals surface area contributed by atoms with Gasteiger partial charge in [0.2, 0.25) is 0 Å². The van der Waals surface area contributed by atoms with E-state index in [1.165, 1.54) is 14.2 Å². The molecule has 0 amide bonds. The van der Waals surface area contributed by atoms with Crippen LogP contribution in [-0.4, -0.2) is 37.7 Å². The molecule has 6 nitrogen and oxygen atoms in total. The molecule has 0 saturated heterocycles. The standard InChI is InChI=1S/C16H24O6/c1-9(15(19)21-3)5-11-7-14(18)12(8-13(11)17)6-10(2)16(20)22-4/h9-12H,5-8H2,1-4H3. The van der Waals surface area contributed by atoms with Crippen molar-refractivity contribution >= 4 is 23.5 Å². The lowest BCUT2D eigenvalue weighted by atomic mass is 9.74. The van der Waals surface area contributed by atoms with Crippen LogP contribution in [0.15, 0.2) is 0 Å². The Morgan fingerprint density at radius 1 is 0.909 bits per heavy atom. The summed E-state index contributed by atoms with van der Waals surface area (Å²) in [7, 11) is 2.60. The normalized spacial score (nSPS) is 24.5. The molecule has 0 heterocycles. The Morgan fingerprint density at radius 3 is 1.50 bits per heavy atom. The predicted molar refractivity (Wildman–Crippen MR) is 77.8 cm³/mol. The maximum absolute atomic E-state index is 12.2. The number of hydrogen-bond donors (Lipinski definition) is 0. The monoisotopic (exact) mass is 312 g/mol. The number of rotatable bonds is 6. The molecule has 4 atom stereocenters. The second kappa shape index (κ2) is 8.06. The van der Waals surface area contributed by atoms with Crippen LogP contribution >= 0.6 is 0 Å². The molecule has 0 radical (unpaired) electrons. The average Bonchev–Trinajstić information content (AvgIpc) is 2.50. The van der Waals surface area contributed by atoms with Crippen molar-refractivity contribution in [1.29, 1.82) is 0 Å². The highest BCUT2D eigenvalue weighted by molar-refractivity contribution is 5.96. The maximum Gasteiger partial charge on any atom is 0.308 e. The summed E-state index contributed by atoms with van der Waals surface area (Å²) in [6.45, 7) is 3.38. The number of ether oxygens (including phenoxy) is 2. The number of hydrogen-bond acceptors (Lipinski definition) is 6. The van der Waals surface area contributed by atoms with E-state index >= 15 is 0 Å². The first-order valence-electron chi connectivity index (χ1n) is 7.51. The van der Waals surface area contributed by atoms with Crippen LogP contribution in [-0.2, 0) is 28.7 Å². The highest BCUT2D eigenvalue weighted by atomic mass is 16.5. The van der Waals surface area contributed by atoms with E-state index < -0.39 is 23.7 Å². The van der Waals surface area contributed by atoms with Gasteiger partial charge in [-0.15, -0.1) is 0 Å². The minimum atomic E-state index is -0.425. The van der Waals surface area contributed by atoms with Gasteiger partial charge in [-0.05, 0) is 12.8 Å². The van der Waals surface area contributed by atoms with E-state index in [0.717, 1.165) is 0 Å². The van der Waals surface area contributed by atoms with Crippen molar-refractivity contribution in [2.75, 3.05) is 14.2 Å². The molecule has 1 aliphatic carbocycles. The van der Waals surface area contributed by atoms with Crippen molar-refractivity contribution in [3.05, 3.63) is 0 Å². The average molecular weight is 312 g/mol. The third-order valence-electron chi connectivity index (χ3n) is 4.29. The second-order valence-electron chi connectivity index (χ2n) is 6.05. The van der Waals surface area contributed by atoms with Crippen molar-refractivity contribution in [3.8, 4) is 0 Å². The summed E-state index contributed by atoms with van der Waals surface area (Å²) in [5.74, 6) is -2.44. The van der Waals surface area contributed by atoms with Gasteiger partial charge in [0.15, 0.2) is 0 Å². The number of Topliss-reactive ketones (excluding diaryl/α,β-unsaturated/α-hetero) is 2. The molecule has 1 fully saturated rings. The van der Waals surface area contributed by atoms with Gasteiger partial charge in [0, 0.05) is 24.7 Å². The molecule has 1 aliphatic rings. The van der Waals surface area contributed by atoms with Crippen LogP contribution in [0.3, 0.4) is 0 Å². The number of methoxy groups -OCH3 is 2. The minimum absolute atomic E-state index is 0.0163. The summed E-state index contributed by atoms with van der Waals surface area (Å²) in [6, 6.07) is 0. The largest absolute Gasteiger partial charge is 0.469 e. The molecule has 0 aromatic rings. The van der Waals surface area contributed by atoms with Gasteiger partial charge >= 0.3 is 11.9 Å². The zero-order chi connectivity index (χ0) is 16.9. The number of ketones is 2. The number of esters is 2. The van der Waals surface area contributed by atoms with E-state index in [0.29, 0.717) is 12.8 Å². The van der Waals surface area contributed by atoms with Gasteiger partial charge in [0.1, 0.15) is 11.6 Å². The molecule has 0 aromatic heterocycles. The topological polar surface area (TPSA) is 86.7 Å². The highest BCUT2D eigenvalue weighted by Gasteiger charge is 2.37. The zero-order valence-corrected chi connectivity index (χ0v) is 13.6. The van der Waals surface area contributed by atoms with Gasteiger partial charge in [0.25, 0.3) is 0 Å². The molecule has 0 aliphatic heterocycles. The summed E-state index contributed by atoms with van der Waals surface area (Å²) in [4.78, 5) is 47.2. The van der Waals surface area contributed by atoms with Gasteiger partial charge in [-0.3, -0.25) is 19.2 Å². The molecule has 22 heavy (non-hydrogen) atoms. The van der Waals surface area contributed by atoms with Gasteiger partial charge < -0.3 is 9.47 Å². The summed E-state index contributed by atoms with van der Waals surface area (Å²) in [5.41, 5.74) is 0. The molecular weight excluding hydrogens is 288 g/mol. The van der Waals surface area contributed by atoms with Gasteiger partial charge in [-0.1, -0.05) is 13.8 Å². The third kappa shape index (κ3) is 4.64. The fourth-order valence-electron chi connectivity index (χ4n) is 2.92. The number of carbonyl (C=O) groups excluding carboxylic acids is 4. The van der Waals surface area contributed by atoms with E-state index in [9.17, 15) is 19.2 Å². The molecule has 0 bridgehead atoms. The van der Waals surface area contributed by atoms with E-state index in [-0.39, 0.29) is 36.3 Å². The molecule has 0 N–H and O–H groups in total. The fraction of sp³-hybridized carbons (Fsp3) is 0.750. The molecule has 1 saturated carbocycles. The van der Waals surface area contributed by atoms with E-state index in [2.05, 4.69) is 9.47 Å². The van der Waals surface area contributed by atoms with Crippen LogP contribution < -0.4 is 0 Å². The minimum Gasteiger partial charge on any atom is -0.469 e. The summed E-state index contributed by atoms with van der Waals surface area (Å²) >= 11 is 0. The van der Waals surface area contributed by atoms with Gasteiger partial charge in [0.05, 0.1) is 26.1 Å². The molecule has 4 unspecified atom stereocenters. The van der Waals surface area contributed by atoms with Crippen molar-refractivity contribution in [3.63, 3.8) is 0 Å². The van der Waals surface area contributed by atoms with Crippen LogP contribution in [0.25, 0.3) is 0 Å². The Hall–Kier alpha value is -1.72. The van der Waals surface area contributed by atoms with Crippen molar-refractivity contribution in [1.82, 2.24) is 0 Å². The second-order valence-corrected chi connectivity index (χ2v) is 6.05. The first kappa shape index (κ1) is 18.3. The molecular formula is C16H24O6. The van der Waals surface area contributed by atoms with Gasteiger partial charge in [-0.25, -0.2) is 0 Å². The summed E-state index contributed by atoms with van der Waals surface area (Å²) in [6.07, 6.45) is 0.935. The number of carbonyl (C=O) groups is 4. The Morgan fingerprint density at radius 2 is 1.23 bits per heavy atom. The van der Waals surface area contributed by atoms with E-state index in [1.807, 2.05) is 0 Å². The summed E-state index contributed by atoms with van der Waals surface area (Å²) < 4.78 is 9.28. The Labute approximate surface area is 130 Å². The van der Waals surface area contributed by atoms with Crippen LogP contribution in [0, 0.1) is 23.7 Å². The fourth-order valence-corrected chi connectivity index (χ4v) is 2.92. The third-order valence-corrected chi connectivity index (χ3v) is 4.29. The summed E-state index contributed by atoms with van der Waals surface area (Å²) in [5, 5.41) is 0. The molecule has 0 aromatic carbocycles. The van der Waals surface area contributed by atoms with Crippen molar-refractivity contribution in [2.45, 2.75) is 39.5 Å². The molecule has 1 rings (SSSR count). The zero-order valence-electron chi connectivity index (χ0n) is 13.6. The SMILES string of the molecule is COC(=O)C(C)CC1CC(=O)C(CC(C)C(=O)OC)CC1=O. The first-order valence-corrected chi connectivity index (χ1v) is 7.51. The highest BCUT2D eigenvalue weighted by Crippen LogP contribution is 2.31. The van der Waals surface area contributed by atoms with E-state index in [4.69, 9.17) is 0 Å². The smallest absolute Gasteiger partial charge is 0.308 e. The van der Waals surface area contributed by atoms with Crippen LogP contribution in [0.5, 0.6) is 0 Å². The first-order chi connectivity index (χ1) is 10.3. The predicted octanol–water partition coefficient (Wildman–Crippen LogP) is 1.55. The quantitative estimate of drug-likeness (QED) is 0.692. The molecule has 6 heteroatoms. The van der Waals surface area contributed by atoms with Crippen LogP contribution in [0.1, 0.15) is 39.5 Å². The van der Waals surface area contributed by atoms with Crippen molar-refractivity contribution in [2.24, 2.45) is 23.7 Å². The van der Waals surface area contributed by atoms with E-state index in [1.54, 1.807) is 13.8 Å². The lowest BCUT2D eigenvalue weighted by Crippen LogP contribution is -2.35.